The lowest BCUT2D eigenvalue weighted by Crippen LogP contribution is -2.56. The fourth-order valence-electron chi connectivity index (χ4n) is 3.11. The summed E-state index contributed by atoms with van der Waals surface area (Å²) in [6.07, 6.45) is 1.91. The van der Waals surface area contributed by atoms with E-state index in [0.29, 0.717) is 6.42 Å². The molecule has 0 bridgehead atoms. The minimum Gasteiger partial charge on any atom is -0.317 e. The fourth-order valence-corrected chi connectivity index (χ4v) is 4.10. The first-order chi connectivity index (χ1) is 8.67. The van der Waals surface area contributed by atoms with E-state index in [-0.39, 0.29) is 6.42 Å². The minimum atomic E-state index is -2.75. The second-order valence-electron chi connectivity index (χ2n) is 6.81. The van der Waals surface area contributed by atoms with Gasteiger partial charge >= 0.3 is 0 Å². The van der Waals surface area contributed by atoms with Crippen molar-refractivity contribution < 1.29 is 13.0 Å². The Hall–Kier alpha value is -0.0700. The van der Waals surface area contributed by atoms with Gasteiger partial charge in [-0.2, -0.15) is 0 Å². The third kappa shape index (κ3) is 3.00. The van der Waals surface area contributed by atoms with Crippen LogP contribution in [0.3, 0.4) is 0 Å². The fraction of sp³-hybridized carbons (Fsp3) is 1.00. The van der Waals surface area contributed by atoms with Gasteiger partial charge in [0.15, 0.2) is 0 Å². The normalized spacial score (nSPS) is 31.5. The molecule has 0 radical (unpaired) electrons. The Balaban J connectivity index is 2.19. The molecule has 0 aromatic carbocycles. The van der Waals surface area contributed by atoms with E-state index in [1.54, 1.807) is 20.8 Å². The molecule has 2 rings (SSSR count). The number of piperidine rings is 1. The SMILES string of the molecule is CC(C)(C)S(=O)NC1C(F)(F)CCC12CCNCC2. The summed E-state index contributed by atoms with van der Waals surface area (Å²) in [5.41, 5.74) is -0.393. The molecule has 3 nitrogen and oxygen atoms in total. The van der Waals surface area contributed by atoms with E-state index in [2.05, 4.69) is 10.0 Å². The summed E-state index contributed by atoms with van der Waals surface area (Å²) in [6.45, 7) is 6.96. The number of rotatable bonds is 2. The van der Waals surface area contributed by atoms with Crippen LogP contribution >= 0.6 is 0 Å². The molecule has 1 spiro atoms. The van der Waals surface area contributed by atoms with Crippen molar-refractivity contribution >= 4 is 11.0 Å². The quantitative estimate of drug-likeness (QED) is 0.820. The molecule has 1 saturated carbocycles. The average Bonchev–Trinajstić information content (AvgIpc) is 2.54. The van der Waals surface area contributed by atoms with Gasteiger partial charge in [0, 0.05) is 6.42 Å². The standard InChI is InChI=1S/C13H24F2N2OS/c1-11(2,3)19(18)17-10-12(4-5-13(10,14)15)6-8-16-9-7-12/h10,16-17H,4-9H2,1-3H3. The summed E-state index contributed by atoms with van der Waals surface area (Å²) in [6, 6.07) is -0.956. The zero-order valence-corrected chi connectivity index (χ0v) is 12.7. The number of alkyl halides is 2. The molecule has 1 aliphatic heterocycles. The molecule has 2 N–H and O–H groups in total. The van der Waals surface area contributed by atoms with E-state index in [0.717, 1.165) is 25.9 Å². The zero-order valence-electron chi connectivity index (χ0n) is 11.9. The van der Waals surface area contributed by atoms with Crippen LogP contribution in [0.25, 0.3) is 0 Å². The highest BCUT2D eigenvalue weighted by Crippen LogP contribution is 2.52. The molecule has 1 heterocycles. The van der Waals surface area contributed by atoms with Crippen molar-refractivity contribution in [2.45, 2.75) is 63.2 Å². The third-order valence-electron chi connectivity index (χ3n) is 4.37. The van der Waals surface area contributed by atoms with E-state index >= 15 is 0 Å². The molecule has 2 atom stereocenters. The Bertz CT molecular complexity index is 362. The van der Waals surface area contributed by atoms with Gasteiger partial charge in [-0.25, -0.2) is 17.7 Å². The van der Waals surface area contributed by atoms with Crippen molar-refractivity contribution in [3.8, 4) is 0 Å². The maximum Gasteiger partial charge on any atom is 0.264 e. The van der Waals surface area contributed by atoms with Gasteiger partial charge in [-0.3, -0.25) is 0 Å². The van der Waals surface area contributed by atoms with Crippen molar-refractivity contribution in [1.82, 2.24) is 10.0 Å². The summed E-state index contributed by atoms with van der Waals surface area (Å²) in [5.74, 6) is -2.75. The topological polar surface area (TPSA) is 41.1 Å². The Morgan fingerprint density at radius 2 is 1.74 bits per heavy atom. The van der Waals surface area contributed by atoms with Crippen LogP contribution in [0.5, 0.6) is 0 Å². The Kier molecular flexibility index (Phi) is 4.06. The van der Waals surface area contributed by atoms with E-state index in [1.807, 2.05) is 0 Å². The maximum atomic E-state index is 14.2. The molecular weight excluding hydrogens is 270 g/mol. The minimum absolute atomic E-state index is 0.0913. The lowest BCUT2D eigenvalue weighted by atomic mass is 9.74. The van der Waals surface area contributed by atoms with Gasteiger partial charge in [0.1, 0.15) is 0 Å². The summed E-state index contributed by atoms with van der Waals surface area (Å²) in [4.78, 5) is 0. The van der Waals surface area contributed by atoms with Crippen LogP contribution in [0.1, 0.15) is 46.5 Å². The summed E-state index contributed by atoms with van der Waals surface area (Å²) in [7, 11) is -1.45. The summed E-state index contributed by atoms with van der Waals surface area (Å²) < 4.78 is 42.8. The molecule has 2 aliphatic rings. The van der Waals surface area contributed by atoms with Gasteiger partial charge in [0.05, 0.1) is 21.8 Å². The monoisotopic (exact) mass is 294 g/mol. The van der Waals surface area contributed by atoms with E-state index in [9.17, 15) is 13.0 Å². The van der Waals surface area contributed by atoms with E-state index in [1.165, 1.54) is 0 Å². The van der Waals surface area contributed by atoms with Gasteiger partial charge < -0.3 is 5.32 Å². The van der Waals surface area contributed by atoms with Crippen molar-refractivity contribution in [2.75, 3.05) is 13.1 Å². The van der Waals surface area contributed by atoms with Crippen molar-refractivity contribution in [2.24, 2.45) is 5.41 Å². The smallest absolute Gasteiger partial charge is 0.264 e. The lowest BCUT2D eigenvalue weighted by Gasteiger charge is -2.41. The Labute approximate surface area is 116 Å². The molecule has 6 heteroatoms. The van der Waals surface area contributed by atoms with Gasteiger partial charge in [-0.15, -0.1) is 0 Å². The summed E-state index contributed by atoms with van der Waals surface area (Å²) >= 11 is 0. The largest absolute Gasteiger partial charge is 0.317 e. The van der Waals surface area contributed by atoms with Gasteiger partial charge in [-0.1, -0.05) is 0 Å². The van der Waals surface area contributed by atoms with E-state index in [4.69, 9.17) is 0 Å². The predicted molar refractivity (Wildman–Crippen MR) is 73.5 cm³/mol. The summed E-state index contributed by atoms with van der Waals surface area (Å²) in [5, 5.41) is 3.22. The molecule has 2 unspecified atom stereocenters. The van der Waals surface area contributed by atoms with Crippen molar-refractivity contribution in [1.29, 1.82) is 0 Å². The van der Waals surface area contributed by atoms with Crippen LogP contribution in [0.15, 0.2) is 0 Å². The zero-order chi connectivity index (χ0) is 14.3. The molecule has 1 aliphatic carbocycles. The van der Waals surface area contributed by atoms with Gasteiger partial charge in [0.2, 0.25) is 0 Å². The van der Waals surface area contributed by atoms with Crippen LogP contribution < -0.4 is 10.0 Å². The number of halogens is 2. The average molecular weight is 294 g/mol. The second kappa shape index (κ2) is 5.04. The van der Waals surface area contributed by atoms with Gasteiger partial charge in [0.25, 0.3) is 5.92 Å². The first-order valence-electron chi connectivity index (χ1n) is 6.94. The first-order valence-corrected chi connectivity index (χ1v) is 8.09. The van der Waals surface area contributed by atoms with Crippen LogP contribution in [-0.4, -0.2) is 34.0 Å². The van der Waals surface area contributed by atoms with E-state index < -0.39 is 33.1 Å². The highest BCUT2D eigenvalue weighted by Gasteiger charge is 2.59. The first kappa shape index (κ1) is 15.3. The number of hydrogen-bond donors (Lipinski definition) is 2. The second-order valence-corrected chi connectivity index (χ2v) is 8.80. The highest BCUT2D eigenvalue weighted by atomic mass is 32.2. The Morgan fingerprint density at radius 3 is 2.26 bits per heavy atom. The van der Waals surface area contributed by atoms with Crippen molar-refractivity contribution in [3.63, 3.8) is 0 Å². The molecule has 19 heavy (non-hydrogen) atoms. The van der Waals surface area contributed by atoms with Crippen molar-refractivity contribution in [3.05, 3.63) is 0 Å². The molecular formula is C13H24F2N2OS. The molecule has 112 valence electrons. The third-order valence-corrected chi connectivity index (χ3v) is 5.93. The van der Waals surface area contributed by atoms with Crippen LogP contribution in [0, 0.1) is 5.41 Å². The molecule has 1 saturated heterocycles. The number of hydrogen-bond acceptors (Lipinski definition) is 2. The number of nitrogens with one attached hydrogen (secondary N) is 2. The molecule has 0 amide bonds. The highest BCUT2D eigenvalue weighted by molar-refractivity contribution is 7.84. The maximum absolute atomic E-state index is 14.2. The van der Waals surface area contributed by atoms with Crippen LogP contribution in [0.2, 0.25) is 0 Å². The Morgan fingerprint density at radius 1 is 1.16 bits per heavy atom. The van der Waals surface area contributed by atoms with Gasteiger partial charge in [-0.05, 0) is 58.5 Å². The predicted octanol–water partition coefficient (Wildman–Crippen LogP) is 2.21. The van der Waals surface area contributed by atoms with Crippen LogP contribution in [-0.2, 0) is 11.0 Å². The molecule has 0 aromatic rings. The molecule has 2 fully saturated rings. The van der Waals surface area contributed by atoms with Crippen LogP contribution in [0.4, 0.5) is 8.78 Å². The lowest BCUT2D eigenvalue weighted by molar-refractivity contribution is -0.0348. The molecule has 0 aromatic heterocycles.